The average Bonchev–Trinajstić information content (AvgIpc) is 3.21. The van der Waals surface area contributed by atoms with Gasteiger partial charge in [0.25, 0.3) is 5.91 Å². The molecule has 0 unspecified atom stereocenters. The van der Waals surface area contributed by atoms with Crippen molar-refractivity contribution in [1.29, 1.82) is 0 Å². The monoisotopic (exact) mass is 424 g/mol. The van der Waals surface area contributed by atoms with Gasteiger partial charge >= 0.3 is 0 Å². The van der Waals surface area contributed by atoms with Gasteiger partial charge < -0.3 is 10.3 Å². The molecule has 30 heavy (non-hydrogen) atoms. The Kier molecular flexibility index (Phi) is 5.65. The van der Waals surface area contributed by atoms with Crippen molar-refractivity contribution in [2.45, 2.75) is 13.5 Å². The van der Waals surface area contributed by atoms with Crippen LogP contribution < -0.4 is 10.8 Å². The van der Waals surface area contributed by atoms with Crippen LogP contribution in [-0.2, 0) is 11.4 Å². The van der Waals surface area contributed by atoms with Crippen LogP contribution in [0.25, 0.3) is 11.0 Å². The third kappa shape index (κ3) is 4.12. The summed E-state index contributed by atoms with van der Waals surface area (Å²) in [6.45, 7) is 2.02. The number of nitrogens with zero attached hydrogens (tertiary/aromatic N) is 1. The number of carbonyl (C=O) groups excluding carboxylic acids is 1. The Labute approximate surface area is 177 Å². The third-order valence-corrected chi connectivity index (χ3v) is 4.83. The maximum Gasteiger partial charge on any atom is 0.277 e. The van der Waals surface area contributed by atoms with Gasteiger partial charge in [-0.2, -0.15) is 0 Å². The van der Waals surface area contributed by atoms with E-state index in [1.165, 1.54) is 12.4 Å². The molecule has 0 saturated heterocycles. The second-order valence-corrected chi connectivity index (χ2v) is 7.14. The summed E-state index contributed by atoms with van der Waals surface area (Å²) < 4.78 is 15.2. The summed E-state index contributed by atoms with van der Waals surface area (Å²) in [6, 6.07) is 16.1. The maximum atomic E-state index is 15.2. The number of rotatable bonds is 6. The number of hydroxylamine groups is 1. The fourth-order valence-electron chi connectivity index (χ4n) is 3.06. The van der Waals surface area contributed by atoms with Crippen LogP contribution in [0.15, 0.2) is 60.9 Å². The van der Waals surface area contributed by atoms with Crippen molar-refractivity contribution in [2.24, 2.45) is 0 Å². The molecule has 3 N–H and O–H groups in total. The van der Waals surface area contributed by atoms with E-state index in [0.717, 1.165) is 11.1 Å². The minimum Gasteiger partial charge on any atom is -0.352 e. The highest BCUT2D eigenvalue weighted by Crippen LogP contribution is 2.31. The predicted molar refractivity (Wildman–Crippen MR) is 114 cm³/mol. The fraction of sp³-hybridized carbons (Fsp3) is 0.0909. The summed E-state index contributed by atoms with van der Waals surface area (Å²) in [5.41, 5.74) is 5.30. The smallest absolute Gasteiger partial charge is 0.277 e. The van der Waals surface area contributed by atoms with Crippen LogP contribution >= 0.6 is 11.6 Å². The zero-order valence-corrected chi connectivity index (χ0v) is 16.8. The first-order valence-electron chi connectivity index (χ1n) is 9.17. The highest BCUT2D eigenvalue weighted by Gasteiger charge is 2.21. The number of fused-ring (bicyclic) bond motifs is 1. The molecule has 1 aromatic heterocycles. The first-order chi connectivity index (χ1) is 14.5. The van der Waals surface area contributed by atoms with Gasteiger partial charge in [-0.05, 0) is 42.3 Å². The van der Waals surface area contributed by atoms with E-state index in [0.29, 0.717) is 16.2 Å². The number of aromatic amines is 1. The molecule has 0 radical (unpaired) electrons. The number of H-pyrrole nitrogens is 1. The van der Waals surface area contributed by atoms with Crippen LogP contribution in [0.1, 0.15) is 21.5 Å². The largest absolute Gasteiger partial charge is 0.352 e. The first-order valence-corrected chi connectivity index (χ1v) is 9.55. The number of nitrogens with one attached hydrogen (secondary N) is 3. The lowest BCUT2D eigenvalue weighted by atomic mass is 10.1. The third-order valence-electron chi connectivity index (χ3n) is 4.59. The molecule has 1 amide bonds. The number of carbonyl (C=O) groups is 1. The van der Waals surface area contributed by atoms with E-state index < -0.39 is 11.7 Å². The van der Waals surface area contributed by atoms with E-state index in [1.54, 1.807) is 18.2 Å². The SMILES string of the molecule is Cc1cc(Cl)ccc1Nc1c(C(=O)NOCc2ccccc2)cc2[nH]cnc2c1F. The van der Waals surface area contributed by atoms with Crippen molar-refractivity contribution in [3.8, 4) is 0 Å². The molecule has 8 heteroatoms. The van der Waals surface area contributed by atoms with Crippen molar-refractivity contribution in [2.75, 3.05) is 5.32 Å². The molecule has 1 heterocycles. The van der Waals surface area contributed by atoms with Crippen LogP contribution in [0.2, 0.25) is 5.02 Å². The second-order valence-electron chi connectivity index (χ2n) is 6.70. The Balaban J connectivity index is 1.63. The maximum absolute atomic E-state index is 15.2. The summed E-state index contributed by atoms with van der Waals surface area (Å²) in [5.74, 6) is -1.23. The Morgan fingerprint density at radius 3 is 2.77 bits per heavy atom. The van der Waals surface area contributed by atoms with Crippen LogP contribution in [0.4, 0.5) is 15.8 Å². The number of aromatic nitrogens is 2. The molecule has 0 aliphatic rings. The summed E-state index contributed by atoms with van der Waals surface area (Å²) in [7, 11) is 0. The van der Waals surface area contributed by atoms with Gasteiger partial charge in [0.1, 0.15) is 5.52 Å². The molecule has 152 valence electrons. The van der Waals surface area contributed by atoms with Gasteiger partial charge in [-0.15, -0.1) is 0 Å². The number of halogens is 2. The molecule has 4 aromatic rings. The van der Waals surface area contributed by atoms with Gasteiger partial charge in [0.05, 0.1) is 29.7 Å². The molecule has 0 spiro atoms. The molecule has 6 nitrogen and oxygen atoms in total. The molecule has 0 fully saturated rings. The minimum atomic E-state index is -0.642. The number of amides is 1. The molecule has 0 aliphatic heterocycles. The summed E-state index contributed by atoms with van der Waals surface area (Å²) in [6.07, 6.45) is 1.37. The quantitative estimate of drug-likeness (QED) is 0.368. The lowest BCUT2D eigenvalue weighted by Crippen LogP contribution is -2.25. The molecular formula is C22H18ClFN4O2. The van der Waals surface area contributed by atoms with Gasteiger partial charge in [0, 0.05) is 10.7 Å². The fourth-order valence-corrected chi connectivity index (χ4v) is 3.29. The van der Waals surface area contributed by atoms with Crippen molar-refractivity contribution >= 4 is 39.9 Å². The summed E-state index contributed by atoms with van der Waals surface area (Å²) in [4.78, 5) is 25.0. The molecule has 4 rings (SSSR count). The zero-order valence-electron chi connectivity index (χ0n) is 16.0. The Morgan fingerprint density at radius 1 is 1.20 bits per heavy atom. The van der Waals surface area contributed by atoms with Gasteiger partial charge in [-0.1, -0.05) is 41.9 Å². The molecule has 3 aromatic carbocycles. The van der Waals surface area contributed by atoms with Gasteiger partial charge in [0.2, 0.25) is 0 Å². The van der Waals surface area contributed by atoms with Gasteiger partial charge in [-0.25, -0.2) is 14.9 Å². The Morgan fingerprint density at radius 2 is 2.00 bits per heavy atom. The van der Waals surface area contributed by atoms with Crippen LogP contribution in [0.3, 0.4) is 0 Å². The highest BCUT2D eigenvalue weighted by atomic mass is 35.5. The van der Waals surface area contributed by atoms with Gasteiger partial charge in [0.15, 0.2) is 5.82 Å². The zero-order chi connectivity index (χ0) is 21.1. The van der Waals surface area contributed by atoms with Crippen molar-refractivity contribution in [1.82, 2.24) is 15.4 Å². The number of aryl methyl sites for hydroxylation is 1. The number of anilines is 2. The van der Waals surface area contributed by atoms with E-state index in [2.05, 4.69) is 20.8 Å². The lowest BCUT2D eigenvalue weighted by Gasteiger charge is -2.15. The number of hydrogen-bond acceptors (Lipinski definition) is 4. The van der Waals surface area contributed by atoms with Crippen molar-refractivity contribution in [3.05, 3.63) is 88.5 Å². The van der Waals surface area contributed by atoms with Gasteiger partial charge in [-0.3, -0.25) is 9.63 Å². The van der Waals surface area contributed by atoms with Crippen molar-refractivity contribution < 1.29 is 14.0 Å². The van der Waals surface area contributed by atoms with E-state index >= 15 is 4.39 Å². The topological polar surface area (TPSA) is 79.0 Å². The molecular weight excluding hydrogens is 407 g/mol. The second kappa shape index (κ2) is 8.52. The standard InChI is InChI=1S/C22H18ClFN4O2/c1-13-9-15(23)7-8-17(13)27-20-16(10-18-21(19(20)24)26-12-25-18)22(29)28-30-11-14-5-3-2-4-6-14/h2-10,12,27H,11H2,1H3,(H,25,26)(H,28,29). The number of hydrogen-bond donors (Lipinski definition) is 3. The van der Waals surface area contributed by atoms with E-state index in [1.807, 2.05) is 37.3 Å². The Bertz CT molecular complexity index is 1210. The average molecular weight is 425 g/mol. The lowest BCUT2D eigenvalue weighted by molar-refractivity contribution is 0.0234. The van der Waals surface area contributed by atoms with E-state index in [4.69, 9.17) is 16.4 Å². The molecule has 0 atom stereocenters. The van der Waals surface area contributed by atoms with E-state index in [9.17, 15) is 4.79 Å². The van der Waals surface area contributed by atoms with Crippen molar-refractivity contribution in [3.63, 3.8) is 0 Å². The van der Waals surface area contributed by atoms with Crippen LogP contribution in [-0.4, -0.2) is 15.9 Å². The predicted octanol–water partition coefficient (Wildman–Crippen LogP) is 5.27. The molecule has 0 aliphatic carbocycles. The number of benzene rings is 3. The highest BCUT2D eigenvalue weighted by molar-refractivity contribution is 6.30. The minimum absolute atomic E-state index is 0.000772. The van der Waals surface area contributed by atoms with Crippen LogP contribution in [0, 0.1) is 12.7 Å². The number of imidazole rings is 1. The summed E-state index contributed by atoms with van der Waals surface area (Å²) in [5, 5.41) is 3.57. The normalized spacial score (nSPS) is 10.9. The van der Waals surface area contributed by atoms with Crippen LogP contribution in [0.5, 0.6) is 0 Å². The van der Waals surface area contributed by atoms with E-state index in [-0.39, 0.29) is 23.4 Å². The first kappa shape index (κ1) is 19.9. The molecule has 0 saturated carbocycles. The Hall–Kier alpha value is -3.42. The molecule has 0 bridgehead atoms. The summed E-state index contributed by atoms with van der Waals surface area (Å²) >= 11 is 6.01.